The van der Waals surface area contributed by atoms with Crippen LogP contribution < -0.4 is 11.1 Å². The van der Waals surface area contributed by atoms with Crippen LogP contribution in [-0.4, -0.2) is 12.5 Å². The lowest BCUT2D eigenvalue weighted by atomic mass is 9.71. The number of hydrogen-bond donors (Lipinski definition) is 2. The summed E-state index contributed by atoms with van der Waals surface area (Å²) in [6.07, 6.45) is 8.24. The topological polar surface area (TPSA) is 55.1 Å². The molecule has 0 bridgehead atoms. The molecule has 0 spiro atoms. The third-order valence-corrected chi connectivity index (χ3v) is 4.27. The van der Waals surface area contributed by atoms with Crippen LogP contribution in [-0.2, 0) is 10.3 Å². The third-order valence-electron chi connectivity index (χ3n) is 4.27. The lowest BCUT2D eigenvalue weighted by Gasteiger charge is -2.43. The maximum atomic E-state index is 12.1. The molecule has 0 atom stereocenters. The normalized spacial score (nSPS) is 16.4. The summed E-state index contributed by atoms with van der Waals surface area (Å²) in [4.78, 5) is 12.1. The van der Waals surface area contributed by atoms with Gasteiger partial charge in [0.1, 0.15) is 0 Å². The smallest absolute Gasteiger partial charge is 0.220 e. The summed E-state index contributed by atoms with van der Waals surface area (Å²) in [5.41, 5.74) is 6.63. The molecule has 3 heteroatoms. The molecule has 110 valence electrons. The van der Waals surface area contributed by atoms with Crippen molar-refractivity contribution < 1.29 is 4.79 Å². The van der Waals surface area contributed by atoms with E-state index in [4.69, 9.17) is 5.73 Å². The lowest BCUT2D eigenvalue weighted by molar-refractivity contribution is -0.124. The van der Waals surface area contributed by atoms with Gasteiger partial charge in [0.2, 0.25) is 5.91 Å². The largest absolute Gasteiger partial charge is 0.347 e. The number of benzene rings is 1. The van der Waals surface area contributed by atoms with E-state index >= 15 is 0 Å². The maximum Gasteiger partial charge on any atom is 0.220 e. The van der Waals surface area contributed by atoms with Gasteiger partial charge in [-0.15, -0.1) is 0 Å². The Morgan fingerprint density at radius 3 is 2.40 bits per heavy atom. The SMILES string of the molecule is NCCCCCCC(=O)NC1(c2ccccc2)CCC1. The second-order valence-corrected chi connectivity index (χ2v) is 5.80. The second-order valence-electron chi connectivity index (χ2n) is 5.80. The van der Waals surface area contributed by atoms with Gasteiger partial charge in [-0.05, 0) is 44.2 Å². The molecule has 1 aromatic carbocycles. The summed E-state index contributed by atoms with van der Waals surface area (Å²) in [6.45, 7) is 0.753. The minimum atomic E-state index is -0.0877. The van der Waals surface area contributed by atoms with E-state index in [9.17, 15) is 4.79 Å². The number of carbonyl (C=O) groups excluding carboxylic acids is 1. The highest BCUT2D eigenvalue weighted by Gasteiger charge is 2.39. The van der Waals surface area contributed by atoms with Crippen molar-refractivity contribution in [2.45, 2.75) is 56.9 Å². The lowest BCUT2D eigenvalue weighted by Crippen LogP contribution is -2.50. The highest BCUT2D eigenvalue weighted by molar-refractivity contribution is 5.77. The fourth-order valence-corrected chi connectivity index (χ4v) is 2.89. The first-order valence-electron chi connectivity index (χ1n) is 7.83. The first-order chi connectivity index (χ1) is 9.77. The highest BCUT2D eigenvalue weighted by Crippen LogP contribution is 2.41. The molecule has 0 saturated heterocycles. The van der Waals surface area contributed by atoms with Crippen LogP contribution in [0, 0.1) is 0 Å². The molecule has 0 radical (unpaired) electrons. The molecular formula is C17H26N2O. The van der Waals surface area contributed by atoms with Crippen molar-refractivity contribution in [2.24, 2.45) is 5.73 Å². The minimum Gasteiger partial charge on any atom is -0.347 e. The molecular weight excluding hydrogens is 248 g/mol. The Bertz CT molecular complexity index is 412. The van der Waals surface area contributed by atoms with E-state index in [1.54, 1.807) is 0 Å². The number of nitrogens with one attached hydrogen (secondary N) is 1. The fraction of sp³-hybridized carbons (Fsp3) is 0.588. The van der Waals surface area contributed by atoms with E-state index < -0.39 is 0 Å². The summed E-state index contributed by atoms with van der Waals surface area (Å²) < 4.78 is 0. The van der Waals surface area contributed by atoms with Gasteiger partial charge in [-0.1, -0.05) is 43.2 Å². The molecule has 0 aromatic heterocycles. The minimum absolute atomic E-state index is 0.0877. The zero-order chi connectivity index (χ0) is 14.3. The summed E-state index contributed by atoms with van der Waals surface area (Å²) in [7, 11) is 0. The molecule has 0 unspecified atom stereocenters. The van der Waals surface area contributed by atoms with Crippen LogP contribution in [0.15, 0.2) is 30.3 Å². The molecule has 1 aliphatic carbocycles. The van der Waals surface area contributed by atoms with Crippen molar-refractivity contribution in [1.29, 1.82) is 0 Å². The van der Waals surface area contributed by atoms with Crippen LogP contribution >= 0.6 is 0 Å². The molecule has 1 fully saturated rings. The van der Waals surface area contributed by atoms with Crippen molar-refractivity contribution in [2.75, 3.05) is 6.54 Å². The van der Waals surface area contributed by atoms with Crippen LogP contribution in [0.1, 0.15) is 56.9 Å². The number of hydrogen-bond acceptors (Lipinski definition) is 2. The standard InChI is InChI=1S/C17H26N2O/c18-14-7-2-1-6-11-16(20)19-17(12-8-13-17)15-9-4-3-5-10-15/h3-5,9-10H,1-2,6-8,11-14,18H2,(H,19,20). The summed E-state index contributed by atoms with van der Waals surface area (Å²) in [5, 5.41) is 3.27. The van der Waals surface area contributed by atoms with Gasteiger partial charge in [0.25, 0.3) is 0 Å². The predicted molar refractivity (Wildman–Crippen MR) is 82.3 cm³/mol. The molecule has 3 nitrogen and oxygen atoms in total. The van der Waals surface area contributed by atoms with Gasteiger partial charge in [-0.2, -0.15) is 0 Å². The van der Waals surface area contributed by atoms with E-state index in [1.165, 1.54) is 12.0 Å². The Balaban J connectivity index is 1.80. The molecule has 0 aliphatic heterocycles. The van der Waals surface area contributed by atoms with Gasteiger partial charge in [0.15, 0.2) is 0 Å². The molecule has 1 aromatic rings. The average Bonchev–Trinajstić information content (AvgIpc) is 2.43. The van der Waals surface area contributed by atoms with Gasteiger partial charge in [-0.25, -0.2) is 0 Å². The van der Waals surface area contributed by atoms with E-state index in [1.807, 2.05) is 18.2 Å². The number of nitrogens with two attached hydrogens (primary N) is 1. The van der Waals surface area contributed by atoms with E-state index in [-0.39, 0.29) is 11.4 Å². The van der Waals surface area contributed by atoms with E-state index in [0.29, 0.717) is 6.42 Å². The Labute approximate surface area is 121 Å². The molecule has 0 heterocycles. The first-order valence-corrected chi connectivity index (χ1v) is 7.83. The second kappa shape index (κ2) is 7.44. The van der Waals surface area contributed by atoms with Gasteiger partial charge >= 0.3 is 0 Å². The van der Waals surface area contributed by atoms with Crippen molar-refractivity contribution in [3.63, 3.8) is 0 Å². The van der Waals surface area contributed by atoms with Crippen LogP contribution in [0.5, 0.6) is 0 Å². The number of amides is 1. The van der Waals surface area contributed by atoms with E-state index in [0.717, 1.165) is 45.1 Å². The predicted octanol–water partition coefficient (Wildman–Crippen LogP) is 3.09. The summed E-state index contributed by atoms with van der Waals surface area (Å²) in [6, 6.07) is 10.4. The molecule has 20 heavy (non-hydrogen) atoms. The highest BCUT2D eigenvalue weighted by atomic mass is 16.1. The summed E-state index contributed by atoms with van der Waals surface area (Å²) >= 11 is 0. The van der Waals surface area contributed by atoms with Gasteiger partial charge in [-0.3, -0.25) is 4.79 Å². The number of unbranched alkanes of at least 4 members (excludes halogenated alkanes) is 3. The van der Waals surface area contributed by atoms with Crippen molar-refractivity contribution in [3.8, 4) is 0 Å². The monoisotopic (exact) mass is 274 g/mol. The molecule has 3 N–H and O–H groups in total. The van der Waals surface area contributed by atoms with Gasteiger partial charge in [0.05, 0.1) is 5.54 Å². The zero-order valence-electron chi connectivity index (χ0n) is 12.2. The van der Waals surface area contributed by atoms with Crippen LogP contribution in [0.2, 0.25) is 0 Å². The summed E-state index contributed by atoms with van der Waals surface area (Å²) in [5.74, 6) is 0.196. The Morgan fingerprint density at radius 2 is 1.80 bits per heavy atom. The van der Waals surface area contributed by atoms with Crippen LogP contribution in [0.4, 0.5) is 0 Å². The fourth-order valence-electron chi connectivity index (χ4n) is 2.89. The van der Waals surface area contributed by atoms with E-state index in [2.05, 4.69) is 17.4 Å². The molecule has 1 saturated carbocycles. The Hall–Kier alpha value is -1.35. The van der Waals surface area contributed by atoms with Crippen molar-refractivity contribution >= 4 is 5.91 Å². The number of rotatable bonds is 8. The molecule has 1 amide bonds. The van der Waals surface area contributed by atoms with Gasteiger partial charge < -0.3 is 11.1 Å². The first kappa shape index (κ1) is 15.0. The molecule has 1 aliphatic rings. The Morgan fingerprint density at radius 1 is 1.10 bits per heavy atom. The third kappa shape index (κ3) is 3.83. The van der Waals surface area contributed by atoms with Crippen LogP contribution in [0.25, 0.3) is 0 Å². The Kier molecular flexibility index (Phi) is 5.60. The maximum absolute atomic E-state index is 12.1. The number of carbonyl (C=O) groups is 1. The van der Waals surface area contributed by atoms with Gasteiger partial charge in [0, 0.05) is 6.42 Å². The zero-order valence-corrected chi connectivity index (χ0v) is 12.2. The average molecular weight is 274 g/mol. The quantitative estimate of drug-likeness (QED) is 0.716. The van der Waals surface area contributed by atoms with Crippen LogP contribution in [0.3, 0.4) is 0 Å². The molecule has 2 rings (SSSR count). The van der Waals surface area contributed by atoms with Crippen molar-refractivity contribution in [3.05, 3.63) is 35.9 Å². The van der Waals surface area contributed by atoms with Crippen molar-refractivity contribution in [1.82, 2.24) is 5.32 Å².